The Kier molecular flexibility index (Phi) is 3.57. The summed E-state index contributed by atoms with van der Waals surface area (Å²) in [6.07, 6.45) is 1.93. The number of rotatable bonds is 3. The van der Waals surface area contributed by atoms with Crippen molar-refractivity contribution < 1.29 is 0 Å². The van der Waals surface area contributed by atoms with E-state index in [1.807, 2.05) is 28.9 Å². The number of hydrogen-bond donors (Lipinski definition) is 0. The Morgan fingerprint density at radius 3 is 2.79 bits per heavy atom. The first-order valence-electron chi connectivity index (χ1n) is 6.19. The third kappa shape index (κ3) is 2.53. The van der Waals surface area contributed by atoms with E-state index in [4.69, 9.17) is 11.6 Å². The highest BCUT2D eigenvalue weighted by Crippen LogP contribution is 2.24. The van der Waals surface area contributed by atoms with Crippen molar-refractivity contribution >= 4 is 29.1 Å². The van der Waals surface area contributed by atoms with Crippen molar-refractivity contribution in [1.29, 1.82) is 0 Å². The molecule has 2 aromatic rings. The SMILES string of the molecule is CCCc1nnc2n1N=C(c1ccc(Cl)cc1)CS2. The molecule has 0 saturated carbocycles. The van der Waals surface area contributed by atoms with Gasteiger partial charge in [0.1, 0.15) is 0 Å². The van der Waals surface area contributed by atoms with Crippen LogP contribution >= 0.6 is 23.4 Å². The number of thioether (sulfide) groups is 1. The van der Waals surface area contributed by atoms with Crippen LogP contribution in [0.1, 0.15) is 24.7 Å². The monoisotopic (exact) mass is 292 g/mol. The molecule has 1 aliphatic heterocycles. The third-order valence-corrected chi connectivity index (χ3v) is 4.07. The topological polar surface area (TPSA) is 43.1 Å². The van der Waals surface area contributed by atoms with E-state index < -0.39 is 0 Å². The van der Waals surface area contributed by atoms with Gasteiger partial charge in [0, 0.05) is 17.2 Å². The van der Waals surface area contributed by atoms with Crippen LogP contribution in [-0.4, -0.2) is 26.3 Å². The van der Waals surface area contributed by atoms with Crippen LogP contribution in [0.4, 0.5) is 0 Å². The van der Waals surface area contributed by atoms with Gasteiger partial charge in [0.15, 0.2) is 5.82 Å². The minimum absolute atomic E-state index is 0.740. The number of aromatic nitrogens is 3. The summed E-state index contributed by atoms with van der Waals surface area (Å²) in [6.45, 7) is 2.13. The quantitative estimate of drug-likeness (QED) is 0.872. The fraction of sp³-hybridized carbons (Fsp3) is 0.308. The van der Waals surface area contributed by atoms with Gasteiger partial charge in [0.25, 0.3) is 0 Å². The van der Waals surface area contributed by atoms with Crippen LogP contribution in [0.25, 0.3) is 0 Å². The summed E-state index contributed by atoms with van der Waals surface area (Å²) in [7, 11) is 0. The van der Waals surface area contributed by atoms with E-state index >= 15 is 0 Å². The lowest BCUT2D eigenvalue weighted by Crippen LogP contribution is -2.14. The van der Waals surface area contributed by atoms with Crippen molar-refractivity contribution in [3.8, 4) is 0 Å². The summed E-state index contributed by atoms with van der Waals surface area (Å²) in [4.78, 5) is 0. The molecule has 0 aliphatic carbocycles. The predicted molar refractivity (Wildman–Crippen MR) is 78.1 cm³/mol. The molecule has 1 aliphatic rings. The van der Waals surface area contributed by atoms with Gasteiger partial charge in [-0.05, 0) is 24.1 Å². The summed E-state index contributed by atoms with van der Waals surface area (Å²) in [5.41, 5.74) is 2.13. The zero-order valence-corrected chi connectivity index (χ0v) is 12.1. The van der Waals surface area contributed by atoms with Crippen LogP contribution in [-0.2, 0) is 6.42 Å². The molecule has 0 amide bonds. The van der Waals surface area contributed by atoms with Crippen molar-refractivity contribution in [2.24, 2.45) is 5.10 Å². The molecule has 0 saturated heterocycles. The molecule has 0 fully saturated rings. The molecule has 3 rings (SSSR count). The van der Waals surface area contributed by atoms with Gasteiger partial charge < -0.3 is 0 Å². The molecule has 1 aromatic carbocycles. The molecule has 0 bridgehead atoms. The minimum atomic E-state index is 0.740. The summed E-state index contributed by atoms with van der Waals surface area (Å²) >= 11 is 7.58. The second-order valence-electron chi connectivity index (χ2n) is 4.30. The zero-order chi connectivity index (χ0) is 13.2. The molecular weight excluding hydrogens is 280 g/mol. The average molecular weight is 293 g/mol. The third-order valence-electron chi connectivity index (χ3n) is 2.89. The molecule has 4 nitrogen and oxygen atoms in total. The van der Waals surface area contributed by atoms with Crippen molar-refractivity contribution in [3.05, 3.63) is 40.7 Å². The van der Waals surface area contributed by atoms with Crippen LogP contribution in [0.15, 0.2) is 34.5 Å². The molecule has 1 aromatic heterocycles. The molecule has 2 heterocycles. The summed E-state index contributed by atoms with van der Waals surface area (Å²) in [6, 6.07) is 7.77. The van der Waals surface area contributed by atoms with Crippen molar-refractivity contribution in [2.75, 3.05) is 5.75 Å². The summed E-state index contributed by atoms with van der Waals surface area (Å²) in [5, 5.41) is 14.6. The predicted octanol–water partition coefficient (Wildman–Crippen LogP) is 3.24. The number of benzene rings is 1. The van der Waals surface area contributed by atoms with Gasteiger partial charge in [-0.3, -0.25) is 0 Å². The van der Waals surface area contributed by atoms with Crippen molar-refractivity contribution in [2.45, 2.75) is 24.9 Å². The minimum Gasteiger partial charge on any atom is -0.191 e. The van der Waals surface area contributed by atoms with E-state index in [1.54, 1.807) is 11.8 Å². The van der Waals surface area contributed by atoms with Gasteiger partial charge in [-0.2, -0.15) is 9.78 Å². The smallest absolute Gasteiger partial charge is 0.191 e. The van der Waals surface area contributed by atoms with E-state index in [1.165, 1.54) is 0 Å². The molecule has 19 heavy (non-hydrogen) atoms. The summed E-state index contributed by atoms with van der Waals surface area (Å²) in [5.74, 6) is 1.74. The van der Waals surface area contributed by atoms with Crippen LogP contribution in [0.2, 0.25) is 5.02 Å². The Morgan fingerprint density at radius 2 is 2.05 bits per heavy atom. The van der Waals surface area contributed by atoms with Crippen LogP contribution in [0, 0.1) is 0 Å². The second-order valence-corrected chi connectivity index (χ2v) is 5.68. The van der Waals surface area contributed by atoms with E-state index in [2.05, 4.69) is 22.2 Å². The Hall–Kier alpha value is -1.33. The zero-order valence-electron chi connectivity index (χ0n) is 10.5. The van der Waals surface area contributed by atoms with Gasteiger partial charge in [0.05, 0.1) is 5.71 Å². The Bertz CT molecular complexity index is 618. The number of hydrogen-bond acceptors (Lipinski definition) is 4. The van der Waals surface area contributed by atoms with Gasteiger partial charge in [-0.1, -0.05) is 42.4 Å². The van der Waals surface area contributed by atoms with Crippen molar-refractivity contribution in [3.63, 3.8) is 0 Å². The first-order chi connectivity index (χ1) is 9.28. The van der Waals surface area contributed by atoms with Gasteiger partial charge in [-0.15, -0.1) is 10.2 Å². The molecule has 0 N–H and O–H groups in total. The maximum Gasteiger partial charge on any atom is 0.212 e. The lowest BCUT2D eigenvalue weighted by atomic mass is 10.1. The van der Waals surface area contributed by atoms with E-state index in [0.29, 0.717) is 0 Å². The fourth-order valence-corrected chi connectivity index (χ4v) is 2.91. The Balaban J connectivity index is 1.98. The highest BCUT2D eigenvalue weighted by atomic mass is 35.5. The maximum atomic E-state index is 5.91. The maximum absolute atomic E-state index is 5.91. The van der Waals surface area contributed by atoms with Gasteiger partial charge in [0.2, 0.25) is 5.16 Å². The molecule has 0 unspecified atom stereocenters. The van der Waals surface area contributed by atoms with E-state index in [-0.39, 0.29) is 0 Å². The molecule has 0 spiro atoms. The van der Waals surface area contributed by atoms with E-state index in [0.717, 1.165) is 45.9 Å². The molecular formula is C13H13ClN4S. The van der Waals surface area contributed by atoms with Crippen molar-refractivity contribution in [1.82, 2.24) is 14.9 Å². The Labute approximate surface area is 120 Å². The number of aryl methyl sites for hydroxylation is 1. The Morgan fingerprint density at radius 1 is 1.26 bits per heavy atom. The molecule has 6 heteroatoms. The van der Waals surface area contributed by atoms with Crippen LogP contribution in [0.3, 0.4) is 0 Å². The number of halogens is 1. The first-order valence-corrected chi connectivity index (χ1v) is 7.55. The highest BCUT2D eigenvalue weighted by molar-refractivity contribution is 7.99. The fourth-order valence-electron chi connectivity index (χ4n) is 1.93. The standard InChI is InChI=1S/C13H13ClN4S/c1-2-3-12-15-16-13-18(12)17-11(8-19-13)9-4-6-10(14)7-5-9/h4-7H,2-3,8H2,1H3. The lowest BCUT2D eigenvalue weighted by molar-refractivity contribution is 0.693. The molecule has 0 atom stereocenters. The van der Waals surface area contributed by atoms with E-state index in [9.17, 15) is 0 Å². The number of fused-ring (bicyclic) bond motifs is 1. The number of nitrogens with zero attached hydrogens (tertiary/aromatic N) is 4. The average Bonchev–Trinajstić information content (AvgIpc) is 2.83. The van der Waals surface area contributed by atoms with Gasteiger partial charge in [-0.25, -0.2) is 0 Å². The lowest BCUT2D eigenvalue weighted by Gasteiger charge is -2.13. The normalized spacial score (nSPS) is 14.1. The molecule has 98 valence electrons. The van der Waals surface area contributed by atoms with Crippen LogP contribution in [0.5, 0.6) is 0 Å². The highest BCUT2D eigenvalue weighted by Gasteiger charge is 2.19. The second kappa shape index (κ2) is 5.35. The molecule has 0 radical (unpaired) electrons. The van der Waals surface area contributed by atoms with Crippen LogP contribution < -0.4 is 0 Å². The largest absolute Gasteiger partial charge is 0.212 e. The summed E-state index contributed by atoms with van der Waals surface area (Å²) < 4.78 is 1.86. The first kappa shape index (κ1) is 12.7. The van der Waals surface area contributed by atoms with Gasteiger partial charge >= 0.3 is 0 Å².